The average molecular weight is 552 g/mol. The van der Waals surface area contributed by atoms with Crippen LogP contribution in [-0.4, -0.2) is 81.8 Å². The van der Waals surface area contributed by atoms with Crippen LogP contribution in [0.15, 0.2) is 29.3 Å². The van der Waals surface area contributed by atoms with Crippen LogP contribution in [0.4, 0.5) is 0 Å². The Morgan fingerprint density at radius 1 is 0.923 bits per heavy atom. The normalized spacial score (nSPS) is 14.8. The zero-order chi connectivity index (χ0) is 29.7. The number of aliphatic hydroxyl groups excluding tert-OH is 1. The van der Waals surface area contributed by atoms with Crippen molar-refractivity contribution in [3.8, 4) is 5.75 Å². The number of carboxylic acid groups (broad SMARTS) is 1. The Kier molecular flexibility index (Phi) is 13.7. The number of carboxylic acids is 1. The largest absolute Gasteiger partial charge is 0.508 e. The molecule has 218 valence electrons. The van der Waals surface area contributed by atoms with Gasteiger partial charge in [-0.1, -0.05) is 26.0 Å². The molecule has 39 heavy (non-hydrogen) atoms. The van der Waals surface area contributed by atoms with Crippen molar-refractivity contribution >= 4 is 29.7 Å². The SMILES string of the molecule is CC(C)CC(NC(=O)C(NC(=O)C(CCCN=C(N)N)NC(=O)C(N)Cc1ccc(O)cc1)C(C)O)C(=O)O. The Bertz CT molecular complexity index is 995. The summed E-state index contributed by atoms with van der Waals surface area (Å²) in [6, 6.07) is 1.21. The van der Waals surface area contributed by atoms with Gasteiger partial charge in [0.25, 0.3) is 0 Å². The molecule has 5 atom stereocenters. The third-order valence-corrected chi connectivity index (χ3v) is 5.69. The third-order valence-electron chi connectivity index (χ3n) is 5.69. The van der Waals surface area contributed by atoms with Crippen molar-refractivity contribution in [2.75, 3.05) is 6.54 Å². The first-order chi connectivity index (χ1) is 18.2. The number of carbonyl (C=O) groups excluding carboxylic acids is 3. The molecule has 0 heterocycles. The summed E-state index contributed by atoms with van der Waals surface area (Å²) in [5.41, 5.74) is 17.4. The molecule has 3 amide bonds. The molecule has 1 rings (SSSR count). The summed E-state index contributed by atoms with van der Waals surface area (Å²) in [5, 5.41) is 36.3. The van der Waals surface area contributed by atoms with E-state index >= 15 is 0 Å². The number of hydrogen-bond donors (Lipinski definition) is 9. The molecule has 0 aromatic heterocycles. The van der Waals surface area contributed by atoms with Crippen molar-refractivity contribution in [1.82, 2.24) is 16.0 Å². The van der Waals surface area contributed by atoms with Crippen LogP contribution in [-0.2, 0) is 25.6 Å². The molecule has 0 aliphatic carbocycles. The van der Waals surface area contributed by atoms with Crippen molar-refractivity contribution in [3.63, 3.8) is 0 Å². The maximum atomic E-state index is 13.2. The fraction of sp³-hybridized carbons (Fsp3) is 0.560. The van der Waals surface area contributed by atoms with Gasteiger partial charge in [0.15, 0.2) is 5.96 Å². The van der Waals surface area contributed by atoms with E-state index in [0.717, 1.165) is 0 Å². The van der Waals surface area contributed by atoms with E-state index in [-0.39, 0.29) is 49.9 Å². The molecule has 0 spiro atoms. The monoisotopic (exact) mass is 551 g/mol. The lowest BCUT2D eigenvalue weighted by atomic mass is 10.0. The fourth-order valence-corrected chi connectivity index (χ4v) is 3.64. The van der Waals surface area contributed by atoms with Gasteiger partial charge < -0.3 is 48.5 Å². The second kappa shape index (κ2) is 16.1. The van der Waals surface area contributed by atoms with Crippen molar-refractivity contribution in [2.24, 2.45) is 28.1 Å². The van der Waals surface area contributed by atoms with Gasteiger partial charge in [-0.2, -0.15) is 0 Å². The number of hydrogen-bond acceptors (Lipinski definition) is 8. The summed E-state index contributed by atoms with van der Waals surface area (Å²) < 4.78 is 0. The quantitative estimate of drug-likeness (QED) is 0.0638. The van der Waals surface area contributed by atoms with Gasteiger partial charge in [-0.05, 0) is 56.2 Å². The number of rotatable bonds is 16. The number of aromatic hydroxyl groups is 1. The third kappa shape index (κ3) is 12.5. The molecular weight excluding hydrogens is 510 g/mol. The van der Waals surface area contributed by atoms with Crippen LogP contribution in [0, 0.1) is 5.92 Å². The average Bonchev–Trinajstić information content (AvgIpc) is 2.84. The zero-order valence-corrected chi connectivity index (χ0v) is 22.5. The van der Waals surface area contributed by atoms with Crippen LogP contribution >= 0.6 is 0 Å². The molecule has 14 heteroatoms. The summed E-state index contributed by atoms with van der Waals surface area (Å²) in [6.07, 6.45) is -0.759. The number of nitrogens with two attached hydrogens (primary N) is 3. The standard InChI is InChI=1S/C25H41N7O7/c1-13(2)11-19(24(38)39)31-23(37)20(14(3)33)32-22(36)18(5-4-10-29-25(27)28)30-21(35)17(26)12-15-6-8-16(34)9-7-15/h6-9,13-14,17-20,33-34H,4-5,10-12,26H2,1-3H3,(H,30,35)(H,31,37)(H,32,36)(H,38,39)(H4,27,28,29). The van der Waals surface area contributed by atoms with Crippen LogP contribution in [0.25, 0.3) is 0 Å². The first kappa shape index (κ1) is 33.1. The van der Waals surface area contributed by atoms with Crippen LogP contribution in [0.1, 0.15) is 45.6 Å². The van der Waals surface area contributed by atoms with Gasteiger partial charge >= 0.3 is 5.97 Å². The molecule has 12 N–H and O–H groups in total. The maximum Gasteiger partial charge on any atom is 0.326 e. The number of aliphatic carboxylic acids is 1. The Balaban J connectivity index is 3.00. The second-order valence-electron chi connectivity index (χ2n) is 9.74. The highest BCUT2D eigenvalue weighted by Crippen LogP contribution is 2.11. The lowest BCUT2D eigenvalue weighted by molar-refractivity contribution is -0.143. The minimum absolute atomic E-state index is 0.0402. The van der Waals surface area contributed by atoms with Gasteiger partial charge in [0.05, 0.1) is 12.1 Å². The summed E-state index contributed by atoms with van der Waals surface area (Å²) in [5.74, 6) is -3.70. The van der Waals surface area contributed by atoms with E-state index in [1.165, 1.54) is 19.1 Å². The first-order valence-electron chi connectivity index (χ1n) is 12.6. The van der Waals surface area contributed by atoms with Crippen LogP contribution in [0.5, 0.6) is 5.75 Å². The lowest BCUT2D eigenvalue weighted by Crippen LogP contribution is -2.60. The van der Waals surface area contributed by atoms with Crippen molar-refractivity contribution in [3.05, 3.63) is 29.8 Å². The smallest absolute Gasteiger partial charge is 0.326 e. The second-order valence-corrected chi connectivity index (χ2v) is 9.74. The number of carbonyl (C=O) groups is 4. The van der Waals surface area contributed by atoms with Gasteiger partial charge in [0, 0.05) is 6.54 Å². The number of guanidine groups is 1. The Hall–Kier alpha value is -3.91. The summed E-state index contributed by atoms with van der Waals surface area (Å²) >= 11 is 0. The van der Waals surface area contributed by atoms with Crippen molar-refractivity contribution in [1.29, 1.82) is 0 Å². The maximum absolute atomic E-state index is 13.2. The van der Waals surface area contributed by atoms with E-state index in [4.69, 9.17) is 17.2 Å². The summed E-state index contributed by atoms with van der Waals surface area (Å²) in [7, 11) is 0. The van der Waals surface area contributed by atoms with Crippen LogP contribution in [0.2, 0.25) is 0 Å². The van der Waals surface area contributed by atoms with Crippen molar-refractivity contribution < 1.29 is 34.5 Å². The molecule has 0 aliphatic rings. The zero-order valence-electron chi connectivity index (χ0n) is 22.5. The minimum atomic E-state index is -1.49. The van der Waals surface area contributed by atoms with Crippen molar-refractivity contribution in [2.45, 2.75) is 76.7 Å². The number of aliphatic hydroxyl groups is 1. The Morgan fingerprint density at radius 3 is 2.03 bits per heavy atom. The van der Waals surface area contributed by atoms with E-state index in [1.807, 2.05) is 0 Å². The number of aliphatic imine (C=N–C) groups is 1. The summed E-state index contributed by atoms with van der Waals surface area (Å²) in [6.45, 7) is 5.01. The fourth-order valence-electron chi connectivity index (χ4n) is 3.64. The topological polar surface area (TPSA) is 255 Å². The van der Waals surface area contributed by atoms with Gasteiger partial charge in [0.1, 0.15) is 23.9 Å². The Labute approximate surface area is 227 Å². The minimum Gasteiger partial charge on any atom is -0.508 e. The van der Waals surface area contributed by atoms with Gasteiger partial charge in [0.2, 0.25) is 17.7 Å². The van der Waals surface area contributed by atoms with E-state index in [2.05, 4.69) is 20.9 Å². The number of nitrogens with zero attached hydrogens (tertiary/aromatic N) is 1. The van der Waals surface area contributed by atoms with E-state index in [1.54, 1.807) is 26.0 Å². The Morgan fingerprint density at radius 2 is 1.51 bits per heavy atom. The van der Waals surface area contributed by atoms with Crippen LogP contribution < -0.4 is 33.2 Å². The molecule has 14 nitrogen and oxygen atoms in total. The number of benzene rings is 1. The summed E-state index contributed by atoms with van der Waals surface area (Å²) in [4.78, 5) is 54.2. The lowest BCUT2D eigenvalue weighted by Gasteiger charge is -2.27. The van der Waals surface area contributed by atoms with Gasteiger partial charge in [-0.3, -0.25) is 19.4 Å². The van der Waals surface area contributed by atoms with E-state index in [9.17, 15) is 34.5 Å². The molecule has 1 aromatic rings. The molecule has 0 saturated heterocycles. The highest BCUT2D eigenvalue weighted by atomic mass is 16.4. The molecule has 0 radical (unpaired) electrons. The number of nitrogens with one attached hydrogen (secondary N) is 3. The molecular formula is C25H41N7O7. The number of amides is 3. The molecule has 0 bridgehead atoms. The first-order valence-corrected chi connectivity index (χ1v) is 12.6. The molecule has 0 fully saturated rings. The highest BCUT2D eigenvalue weighted by Gasteiger charge is 2.32. The number of phenolic OH excluding ortho intramolecular Hbond substituents is 1. The molecule has 1 aromatic carbocycles. The highest BCUT2D eigenvalue weighted by molar-refractivity contribution is 5.94. The molecule has 5 unspecified atom stereocenters. The van der Waals surface area contributed by atoms with Gasteiger partial charge in [-0.15, -0.1) is 0 Å². The van der Waals surface area contributed by atoms with Gasteiger partial charge in [-0.25, -0.2) is 4.79 Å². The number of phenols is 1. The van der Waals surface area contributed by atoms with E-state index < -0.39 is 54.0 Å². The molecule has 0 saturated carbocycles. The van der Waals surface area contributed by atoms with E-state index in [0.29, 0.717) is 5.56 Å². The predicted octanol–water partition coefficient (Wildman–Crippen LogP) is -1.72. The molecule has 0 aliphatic heterocycles. The van der Waals surface area contributed by atoms with Crippen LogP contribution in [0.3, 0.4) is 0 Å². The predicted molar refractivity (Wildman–Crippen MR) is 144 cm³/mol.